The molecule has 0 aromatic heterocycles. The molecule has 2 aliphatic rings. The van der Waals surface area contributed by atoms with E-state index in [1.807, 2.05) is 4.90 Å². The summed E-state index contributed by atoms with van der Waals surface area (Å²) in [4.78, 5) is 26.9. The zero-order valence-electron chi connectivity index (χ0n) is 13.5. The number of hydrogen-bond acceptors (Lipinski definition) is 2. The molecule has 1 heterocycles. The predicted molar refractivity (Wildman–Crippen MR) is 86.6 cm³/mol. The van der Waals surface area contributed by atoms with E-state index >= 15 is 0 Å². The summed E-state index contributed by atoms with van der Waals surface area (Å²) < 4.78 is 13.0. The summed E-state index contributed by atoms with van der Waals surface area (Å²) in [6.07, 6.45) is 7.05. The lowest BCUT2D eigenvalue weighted by atomic mass is 9.85. The fourth-order valence-electron chi connectivity index (χ4n) is 3.82. The molecule has 23 heavy (non-hydrogen) atoms. The van der Waals surface area contributed by atoms with Gasteiger partial charge in [0.25, 0.3) is 0 Å². The molecule has 1 saturated carbocycles. The van der Waals surface area contributed by atoms with E-state index in [9.17, 15) is 14.0 Å². The molecular formula is C19H24FNO2. The number of carbonyl (C=O) groups is 2. The number of benzene rings is 1. The van der Waals surface area contributed by atoms with Gasteiger partial charge in [-0.05, 0) is 49.9 Å². The van der Waals surface area contributed by atoms with Gasteiger partial charge in [-0.25, -0.2) is 4.39 Å². The number of rotatable bonds is 3. The molecule has 1 aliphatic carbocycles. The minimum Gasteiger partial charge on any atom is -0.342 e. The van der Waals surface area contributed by atoms with Crippen molar-refractivity contribution in [1.29, 1.82) is 0 Å². The van der Waals surface area contributed by atoms with Gasteiger partial charge in [-0.3, -0.25) is 9.59 Å². The zero-order chi connectivity index (χ0) is 16.2. The number of hydrogen-bond donors (Lipinski definition) is 0. The van der Waals surface area contributed by atoms with Crippen LogP contribution in [0.2, 0.25) is 0 Å². The number of likely N-dealkylation sites (tertiary alicyclic amines) is 1. The highest BCUT2D eigenvalue weighted by Gasteiger charge is 2.31. The summed E-state index contributed by atoms with van der Waals surface area (Å²) >= 11 is 0. The minimum absolute atomic E-state index is 0.0455. The van der Waals surface area contributed by atoms with Gasteiger partial charge in [-0.15, -0.1) is 0 Å². The van der Waals surface area contributed by atoms with E-state index in [4.69, 9.17) is 0 Å². The number of ketones is 1. The van der Waals surface area contributed by atoms with Crippen molar-refractivity contribution in [2.24, 2.45) is 11.8 Å². The van der Waals surface area contributed by atoms with Crippen LogP contribution in [0.15, 0.2) is 24.3 Å². The summed E-state index contributed by atoms with van der Waals surface area (Å²) in [5.41, 5.74) is 0.573. The summed E-state index contributed by atoms with van der Waals surface area (Å²) in [6, 6.07) is 5.76. The second kappa shape index (κ2) is 7.24. The Morgan fingerprint density at radius 1 is 0.870 bits per heavy atom. The second-order valence-corrected chi connectivity index (χ2v) is 6.81. The Bertz CT molecular complexity index is 555. The van der Waals surface area contributed by atoms with Crippen molar-refractivity contribution >= 4 is 11.7 Å². The van der Waals surface area contributed by atoms with Crippen molar-refractivity contribution in [3.63, 3.8) is 0 Å². The summed E-state index contributed by atoms with van der Waals surface area (Å²) in [6.45, 7) is 1.35. The van der Waals surface area contributed by atoms with Gasteiger partial charge in [-0.1, -0.05) is 19.3 Å². The molecule has 2 fully saturated rings. The third-order valence-electron chi connectivity index (χ3n) is 5.26. The van der Waals surface area contributed by atoms with Crippen LogP contribution in [0.3, 0.4) is 0 Å². The number of carbonyl (C=O) groups excluding carboxylic acids is 2. The van der Waals surface area contributed by atoms with Crippen molar-refractivity contribution in [2.45, 2.75) is 44.9 Å². The Balaban J connectivity index is 1.54. The van der Waals surface area contributed by atoms with E-state index in [1.165, 1.54) is 18.6 Å². The average Bonchev–Trinajstić information content (AvgIpc) is 2.62. The first kappa shape index (κ1) is 16.2. The maximum absolute atomic E-state index is 13.0. The SMILES string of the molecule is O=C(c1ccc(F)cc1)C1CCN(C(=O)C2CCCCC2)CC1. The summed E-state index contributed by atoms with van der Waals surface area (Å²) in [5.74, 6) is 0.200. The van der Waals surface area contributed by atoms with Gasteiger partial charge in [0.2, 0.25) is 5.91 Å². The van der Waals surface area contributed by atoms with Gasteiger partial charge in [0, 0.05) is 30.5 Å². The van der Waals surface area contributed by atoms with Crippen LogP contribution in [0.5, 0.6) is 0 Å². The molecule has 0 atom stereocenters. The predicted octanol–water partition coefficient (Wildman–Crippen LogP) is 3.83. The van der Waals surface area contributed by atoms with E-state index in [-0.39, 0.29) is 29.3 Å². The highest BCUT2D eigenvalue weighted by atomic mass is 19.1. The smallest absolute Gasteiger partial charge is 0.225 e. The fourth-order valence-corrected chi connectivity index (χ4v) is 3.82. The summed E-state index contributed by atoms with van der Waals surface area (Å²) in [7, 11) is 0. The van der Waals surface area contributed by atoms with Gasteiger partial charge in [0.05, 0.1) is 0 Å². The molecular weight excluding hydrogens is 293 g/mol. The average molecular weight is 317 g/mol. The van der Waals surface area contributed by atoms with Crippen LogP contribution in [0, 0.1) is 17.7 Å². The molecule has 1 aromatic rings. The van der Waals surface area contributed by atoms with Gasteiger partial charge in [0.15, 0.2) is 5.78 Å². The van der Waals surface area contributed by atoms with Crippen molar-refractivity contribution in [3.05, 3.63) is 35.6 Å². The van der Waals surface area contributed by atoms with Crippen molar-refractivity contribution in [3.8, 4) is 0 Å². The summed E-state index contributed by atoms with van der Waals surface area (Å²) in [5, 5.41) is 0. The van der Waals surface area contributed by atoms with E-state index in [2.05, 4.69) is 0 Å². The molecule has 4 heteroatoms. The van der Waals surface area contributed by atoms with Crippen LogP contribution in [0.1, 0.15) is 55.3 Å². The molecule has 1 aliphatic heterocycles. The van der Waals surface area contributed by atoms with Crippen LogP contribution in [0.4, 0.5) is 4.39 Å². The normalized spacial score (nSPS) is 20.5. The van der Waals surface area contributed by atoms with Crippen LogP contribution in [-0.2, 0) is 4.79 Å². The lowest BCUT2D eigenvalue weighted by Gasteiger charge is -2.34. The van der Waals surface area contributed by atoms with Crippen molar-refractivity contribution < 1.29 is 14.0 Å². The second-order valence-electron chi connectivity index (χ2n) is 6.81. The number of halogens is 1. The molecule has 0 bridgehead atoms. The molecule has 3 rings (SSSR count). The monoisotopic (exact) mass is 317 g/mol. The molecule has 1 aromatic carbocycles. The highest BCUT2D eigenvalue weighted by molar-refractivity contribution is 5.98. The van der Waals surface area contributed by atoms with Gasteiger partial charge in [-0.2, -0.15) is 0 Å². The standard InChI is InChI=1S/C19H24FNO2/c20-17-8-6-14(7-9-17)18(22)15-10-12-21(13-11-15)19(23)16-4-2-1-3-5-16/h6-9,15-16H,1-5,10-13H2. The number of nitrogens with zero attached hydrogens (tertiary/aromatic N) is 1. The van der Waals surface area contributed by atoms with E-state index in [1.54, 1.807) is 12.1 Å². The third-order valence-corrected chi connectivity index (χ3v) is 5.26. The first-order valence-electron chi connectivity index (χ1n) is 8.74. The van der Waals surface area contributed by atoms with Gasteiger partial charge >= 0.3 is 0 Å². The van der Waals surface area contributed by atoms with E-state index < -0.39 is 0 Å². The number of Topliss-reactive ketones (excluding diaryl/α,β-unsaturated/α-hetero) is 1. The Morgan fingerprint density at radius 2 is 1.48 bits per heavy atom. The topological polar surface area (TPSA) is 37.4 Å². The van der Waals surface area contributed by atoms with E-state index in [0.29, 0.717) is 31.5 Å². The fraction of sp³-hybridized carbons (Fsp3) is 0.579. The first-order chi connectivity index (χ1) is 11.1. The molecule has 3 nitrogen and oxygen atoms in total. The molecule has 0 radical (unpaired) electrons. The van der Waals surface area contributed by atoms with Gasteiger partial charge in [0.1, 0.15) is 5.82 Å². The largest absolute Gasteiger partial charge is 0.342 e. The molecule has 0 spiro atoms. The zero-order valence-corrected chi connectivity index (χ0v) is 13.5. The van der Waals surface area contributed by atoms with Crippen molar-refractivity contribution in [1.82, 2.24) is 4.90 Å². The quantitative estimate of drug-likeness (QED) is 0.795. The first-order valence-corrected chi connectivity index (χ1v) is 8.74. The Labute approximate surface area is 136 Å². The van der Waals surface area contributed by atoms with Crippen LogP contribution >= 0.6 is 0 Å². The molecule has 124 valence electrons. The highest BCUT2D eigenvalue weighted by Crippen LogP contribution is 2.28. The minimum atomic E-state index is -0.325. The van der Waals surface area contributed by atoms with Crippen LogP contribution in [0.25, 0.3) is 0 Å². The number of piperidine rings is 1. The Hall–Kier alpha value is -1.71. The van der Waals surface area contributed by atoms with E-state index in [0.717, 1.165) is 25.7 Å². The van der Waals surface area contributed by atoms with Crippen LogP contribution < -0.4 is 0 Å². The van der Waals surface area contributed by atoms with Crippen LogP contribution in [-0.4, -0.2) is 29.7 Å². The lowest BCUT2D eigenvalue weighted by Crippen LogP contribution is -2.43. The lowest BCUT2D eigenvalue weighted by molar-refractivity contribution is -0.137. The van der Waals surface area contributed by atoms with Crippen molar-refractivity contribution in [2.75, 3.05) is 13.1 Å². The molecule has 1 saturated heterocycles. The molecule has 0 N–H and O–H groups in total. The maximum atomic E-state index is 13.0. The Morgan fingerprint density at radius 3 is 2.09 bits per heavy atom. The third kappa shape index (κ3) is 3.80. The Kier molecular flexibility index (Phi) is 5.09. The number of amides is 1. The van der Waals surface area contributed by atoms with Gasteiger partial charge < -0.3 is 4.90 Å². The molecule has 0 unspecified atom stereocenters. The maximum Gasteiger partial charge on any atom is 0.225 e. The molecule has 1 amide bonds.